The Morgan fingerprint density at radius 2 is 2.17 bits per heavy atom. The molecule has 1 fully saturated rings. The molecule has 0 spiro atoms. The maximum absolute atomic E-state index is 6.04. The SMILES string of the molecule is Cc1ccc(Cl)c(C2(C)CO2)c1. The van der Waals surface area contributed by atoms with Crippen molar-refractivity contribution in [2.75, 3.05) is 6.61 Å². The van der Waals surface area contributed by atoms with E-state index in [1.54, 1.807) is 0 Å². The van der Waals surface area contributed by atoms with Gasteiger partial charge < -0.3 is 4.74 Å². The molecule has 1 unspecified atom stereocenters. The van der Waals surface area contributed by atoms with Crippen molar-refractivity contribution in [2.24, 2.45) is 0 Å². The van der Waals surface area contributed by atoms with Crippen molar-refractivity contribution in [1.29, 1.82) is 0 Å². The van der Waals surface area contributed by atoms with Crippen LogP contribution in [0.3, 0.4) is 0 Å². The minimum Gasteiger partial charge on any atom is -0.365 e. The molecule has 2 heteroatoms. The molecule has 0 bridgehead atoms. The molecule has 1 aromatic rings. The second-order valence-electron chi connectivity index (χ2n) is 3.50. The first-order chi connectivity index (χ1) is 5.62. The fourth-order valence-corrected chi connectivity index (χ4v) is 1.63. The van der Waals surface area contributed by atoms with E-state index in [0.717, 1.165) is 17.2 Å². The average Bonchev–Trinajstić information content (AvgIpc) is 2.75. The van der Waals surface area contributed by atoms with E-state index >= 15 is 0 Å². The van der Waals surface area contributed by atoms with Gasteiger partial charge in [0.1, 0.15) is 5.60 Å². The van der Waals surface area contributed by atoms with E-state index in [0.29, 0.717) is 0 Å². The highest BCUT2D eigenvalue weighted by atomic mass is 35.5. The quantitative estimate of drug-likeness (QED) is 0.609. The summed E-state index contributed by atoms with van der Waals surface area (Å²) in [5.74, 6) is 0. The predicted octanol–water partition coefficient (Wildman–Crippen LogP) is 2.89. The Bertz CT molecular complexity index is 316. The number of rotatable bonds is 1. The van der Waals surface area contributed by atoms with Gasteiger partial charge in [0, 0.05) is 10.6 Å². The van der Waals surface area contributed by atoms with Crippen LogP contribution >= 0.6 is 11.6 Å². The second-order valence-corrected chi connectivity index (χ2v) is 3.91. The zero-order chi connectivity index (χ0) is 8.77. The van der Waals surface area contributed by atoms with E-state index < -0.39 is 0 Å². The van der Waals surface area contributed by atoms with Crippen LogP contribution in [0.4, 0.5) is 0 Å². The summed E-state index contributed by atoms with van der Waals surface area (Å²) in [6.07, 6.45) is 0. The first-order valence-electron chi connectivity index (χ1n) is 4.02. The lowest BCUT2D eigenvalue weighted by molar-refractivity contribution is 0.329. The number of epoxide rings is 1. The van der Waals surface area contributed by atoms with Crippen molar-refractivity contribution in [3.05, 3.63) is 34.3 Å². The largest absolute Gasteiger partial charge is 0.365 e. The molecule has 0 amide bonds. The maximum Gasteiger partial charge on any atom is 0.115 e. The van der Waals surface area contributed by atoms with Crippen LogP contribution in [0.1, 0.15) is 18.1 Å². The summed E-state index contributed by atoms with van der Waals surface area (Å²) in [5.41, 5.74) is 2.23. The van der Waals surface area contributed by atoms with Gasteiger partial charge in [-0.1, -0.05) is 29.3 Å². The fraction of sp³-hybridized carbons (Fsp3) is 0.400. The van der Waals surface area contributed by atoms with Crippen LogP contribution in [-0.4, -0.2) is 6.61 Å². The lowest BCUT2D eigenvalue weighted by atomic mass is 10.0. The van der Waals surface area contributed by atoms with Crippen molar-refractivity contribution < 1.29 is 4.74 Å². The van der Waals surface area contributed by atoms with Crippen molar-refractivity contribution >= 4 is 11.6 Å². The third-order valence-electron chi connectivity index (χ3n) is 2.27. The van der Waals surface area contributed by atoms with E-state index in [1.165, 1.54) is 5.56 Å². The number of hydrogen-bond acceptors (Lipinski definition) is 1. The van der Waals surface area contributed by atoms with Gasteiger partial charge >= 0.3 is 0 Å². The Morgan fingerprint density at radius 1 is 1.50 bits per heavy atom. The van der Waals surface area contributed by atoms with E-state index in [4.69, 9.17) is 16.3 Å². The van der Waals surface area contributed by atoms with Gasteiger partial charge in [0.2, 0.25) is 0 Å². The summed E-state index contributed by atoms with van der Waals surface area (Å²) >= 11 is 6.04. The van der Waals surface area contributed by atoms with Gasteiger partial charge in [0.05, 0.1) is 6.61 Å². The van der Waals surface area contributed by atoms with Crippen LogP contribution < -0.4 is 0 Å². The molecule has 64 valence electrons. The Morgan fingerprint density at radius 3 is 2.75 bits per heavy atom. The van der Waals surface area contributed by atoms with Crippen molar-refractivity contribution in [3.8, 4) is 0 Å². The highest BCUT2D eigenvalue weighted by molar-refractivity contribution is 6.31. The molecule has 0 radical (unpaired) electrons. The Labute approximate surface area is 77.3 Å². The summed E-state index contributed by atoms with van der Waals surface area (Å²) in [6.45, 7) is 4.91. The van der Waals surface area contributed by atoms with Crippen LogP contribution in [0.5, 0.6) is 0 Å². The van der Waals surface area contributed by atoms with Gasteiger partial charge in [-0.3, -0.25) is 0 Å². The van der Waals surface area contributed by atoms with Crippen molar-refractivity contribution in [3.63, 3.8) is 0 Å². The molecule has 0 saturated carbocycles. The number of ether oxygens (including phenoxy) is 1. The minimum atomic E-state index is -0.108. The molecule has 1 aromatic carbocycles. The van der Waals surface area contributed by atoms with Gasteiger partial charge in [-0.2, -0.15) is 0 Å². The molecule has 1 saturated heterocycles. The van der Waals surface area contributed by atoms with Crippen LogP contribution in [0.2, 0.25) is 5.02 Å². The molecule has 12 heavy (non-hydrogen) atoms. The van der Waals surface area contributed by atoms with Gasteiger partial charge in [-0.25, -0.2) is 0 Å². The summed E-state index contributed by atoms with van der Waals surface area (Å²) < 4.78 is 5.33. The predicted molar refractivity (Wildman–Crippen MR) is 49.5 cm³/mol. The van der Waals surface area contributed by atoms with Crippen LogP contribution in [0.15, 0.2) is 18.2 Å². The van der Waals surface area contributed by atoms with Crippen molar-refractivity contribution in [1.82, 2.24) is 0 Å². The third-order valence-corrected chi connectivity index (χ3v) is 2.60. The monoisotopic (exact) mass is 182 g/mol. The van der Waals surface area contributed by atoms with Gasteiger partial charge in [0.25, 0.3) is 0 Å². The molecule has 0 N–H and O–H groups in total. The Hall–Kier alpha value is -0.530. The summed E-state index contributed by atoms with van der Waals surface area (Å²) in [4.78, 5) is 0. The molecule has 1 aliphatic rings. The summed E-state index contributed by atoms with van der Waals surface area (Å²) in [6, 6.07) is 6.03. The first kappa shape index (κ1) is 8.09. The molecule has 1 heterocycles. The maximum atomic E-state index is 6.04. The zero-order valence-corrected chi connectivity index (χ0v) is 7.98. The topological polar surface area (TPSA) is 12.5 Å². The van der Waals surface area contributed by atoms with Gasteiger partial charge in [-0.15, -0.1) is 0 Å². The normalized spacial score (nSPS) is 27.2. The summed E-state index contributed by atoms with van der Waals surface area (Å²) in [7, 11) is 0. The highest BCUT2D eigenvalue weighted by Crippen LogP contribution is 2.41. The van der Waals surface area contributed by atoms with Crippen molar-refractivity contribution in [2.45, 2.75) is 19.4 Å². The van der Waals surface area contributed by atoms with E-state index in [-0.39, 0.29) is 5.60 Å². The minimum absolute atomic E-state index is 0.108. The van der Waals surface area contributed by atoms with E-state index in [2.05, 4.69) is 19.9 Å². The lowest BCUT2D eigenvalue weighted by Crippen LogP contribution is -2.03. The summed E-state index contributed by atoms with van der Waals surface area (Å²) in [5, 5.41) is 0.806. The number of aryl methyl sites for hydroxylation is 1. The third kappa shape index (κ3) is 1.23. The van der Waals surface area contributed by atoms with E-state index in [9.17, 15) is 0 Å². The van der Waals surface area contributed by atoms with E-state index in [1.807, 2.05) is 12.1 Å². The average molecular weight is 183 g/mol. The molecule has 1 aliphatic heterocycles. The van der Waals surface area contributed by atoms with Gasteiger partial charge in [-0.05, 0) is 19.9 Å². The molecule has 0 aliphatic carbocycles. The molecule has 1 atom stereocenters. The van der Waals surface area contributed by atoms with Crippen LogP contribution in [-0.2, 0) is 10.3 Å². The Kier molecular flexibility index (Phi) is 1.67. The molecular weight excluding hydrogens is 172 g/mol. The van der Waals surface area contributed by atoms with Gasteiger partial charge in [0.15, 0.2) is 0 Å². The number of hydrogen-bond donors (Lipinski definition) is 0. The molecular formula is C10H11ClO. The smallest absolute Gasteiger partial charge is 0.115 e. The fourth-order valence-electron chi connectivity index (χ4n) is 1.31. The highest BCUT2D eigenvalue weighted by Gasteiger charge is 2.42. The standard InChI is InChI=1S/C10H11ClO/c1-7-3-4-9(11)8(5-7)10(2)6-12-10/h3-5H,6H2,1-2H3. The Balaban J connectivity index is 2.48. The lowest BCUT2D eigenvalue weighted by Gasteiger charge is -2.08. The molecule has 2 rings (SSSR count). The van der Waals surface area contributed by atoms with Crippen LogP contribution in [0, 0.1) is 6.92 Å². The molecule has 1 nitrogen and oxygen atoms in total. The zero-order valence-electron chi connectivity index (χ0n) is 7.23. The first-order valence-corrected chi connectivity index (χ1v) is 4.40. The number of benzene rings is 1. The second kappa shape index (κ2) is 2.48. The number of halogens is 1. The van der Waals surface area contributed by atoms with Crippen LogP contribution in [0.25, 0.3) is 0 Å². The molecule has 0 aromatic heterocycles.